The number of carbonyl (C=O) groups is 1. The van der Waals surface area contributed by atoms with Gasteiger partial charge in [-0.25, -0.2) is 0 Å². The highest BCUT2D eigenvalue weighted by Crippen LogP contribution is 2.25. The number of methoxy groups -OCH3 is 2. The average Bonchev–Trinajstić information content (AvgIpc) is 3.30. The number of benzene rings is 3. The topological polar surface area (TPSA) is 86.5 Å². The Morgan fingerprint density at radius 2 is 1.42 bits per heavy atom. The number of ether oxygens (including phenoxy) is 2. The summed E-state index contributed by atoms with van der Waals surface area (Å²) in [6.45, 7) is 0. The molecule has 0 spiro atoms. The summed E-state index contributed by atoms with van der Waals surface area (Å²) in [7, 11) is 3.23. The monoisotopic (exact) mass is 415 g/mol. The highest BCUT2D eigenvalue weighted by atomic mass is 16.5. The molecule has 31 heavy (non-hydrogen) atoms. The number of nitrogens with zero attached hydrogens (tertiary/aromatic N) is 2. The molecule has 0 aliphatic carbocycles. The van der Waals surface area contributed by atoms with Crippen molar-refractivity contribution in [2.75, 3.05) is 19.5 Å². The van der Waals surface area contributed by atoms with Crippen LogP contribution in [0, 0.1) is 0 Å². The second-order valence-corrected chi connectivity index (χ2v) is 6.80. The molecule has 0 bridgehead atoms. The molecule has 0 atom stereocenters. The van der Waals surface area contributed by atoms with Crippen LogP contribution < -0.4 is 14.8 Å². The molecule has 7 nitrogen and oxygen atoms in total. The van der Waals surface area contributed by atoms with E-state index in [0.29, 0.717) is 17.4 Å². The van der Waals surface area contributed by atoms with Gasteiger partial charge in [-0.3, -0.25) is 4.79 Å². The molecule has 0 saturated carbocycles. The first-order valence-electron chi connectivity index (χ1n) is 9.66. The van der Waals surface area contributed by atoms with Gasteiger partial charge in [0.05, 0.1) is 20.6 Å². The lowest BCUT2D eigenvalue weighted by Gasteiger charge is -2.06. The van der Waals surface area contributed by atoms with E-state index in [9.17, 15) is 4.79 Å². The fraction of sp³-hybridized carbons (Fsp3) is 0.125. The van der Waals surface area contributed by atoms with Gasteiger partial charge in [-0.2, -0.15) is 4.98 Å². The molecule has 1 aromatic heterocycles. The van der Waals surface area contributed by atoms with Crippen molar-refractivity contribution in [2.45, 2.75) is 6.42 Å². The quantitative estimate of drug-likeness (QED) is 0.475. The zero-order valence-corrected chi connectivity index (χ0v) is 17.2. The Bertz CT molecular complexity index is 1150. The minimum atomic E-state index is -0.0995. The van der Waals surface area contributed by atoms with Gasteiger partial charge in [0, 0.05) is 16.8 Å². The van der Waals surface area contributed by atoms with Crippen LogP contribution in [0.15, 0.2) is 77.3 Å². The lowest BCUT2D eigenvalue weighted by Crippen LogP contribution is -2.14. The summed E-state index contributed by atoms with van der Waals surface area (Å²) < 4.78 is 15.7. The molecule has 1 amide bonds. The number of hydrogen-bond acceptors (Lipinski definition) is 6. The predicted octanol–water partition coefficient (Wildman–Crippen LogP) is 4.60. The van der Waals surface area contributed by atoms with Crippen LogP contribution in [-0.2, 0) is 11.2 Å². The van der Waals surface area contributed by atoms with Crippen molar-refractivity contribution in [3.05, 3.63) is 78.4 Å². The van der Waals surface area contributed by atoms with Crippen molar-refractivity contribution in [2.24, 2.45) is 0 Å². The molecule has 0 radical (unpaired) electrons. The summed E-state index contributed by atoms with van der Waals surface area (Å²) in [5.41, 5.74) is 3.20. The first kappa shape index (κ1) is 20.2. The Hall–Kier alpha value is -4.13. The zero-order chi connectivity index (χ0) is 21.6. The van der Waals surface area contributed by atoms with E-state index >= 15 is 0 Å². The first-order chi connectivity index (χ1) is 15.1. The van der Waals surface area contributed by atoms with Crippen molar-refractivity contribution in [3.63, 3.8) is 0 Å². The van der Waals surface area contributed by atoms with Crippen LogP contribution in [0.2, 0.25) is 0 Å². The van der Waals surface area contributed by atoms with Gasteiger partial charge in [0.15, 0.2) is 0 Å². The molecule has 0 aliphatic rings. The van der Waals surface area contributed by atoms with Crippen molar-refractivity contribution in [1.82, 2.24) is 10.1 Å². The van der Waals surface area contributed by atoms with Crippen LogP contribution in [0.3, 0.4) is 0 Å². The van der Waals surface area contributed by atoms with Crippen LogP contribution in [0.1, 0.15) is 5.56 Å². The highest BCUT2D eigenvalue weighted by molar-refractivity contribution is 5.92. The summed E-state index contributed by atoms with van der Waals surface area (Å²) in [6, 6.07) is 22.1. The smallest absolute Gasteiger partial charge is 0.258 e. The number of hydrogen-bond donors (Lipinski definition) is 1. The van der Waals surface area contributed by atoms with E-state index in [0.717, 1.165) is 28.2 Å². The lowest BCUT2D eigenvalue weighted by atomic mass is 10.1. The van der Waals surface area contributed by atoms with Gasteiger partial charge in [-0.15, -0.1) is 0 Å². The summed E-state index contributed by atoms with van der Waals surface area (Å²) in [5.74, 6) is 2.32. The number of rotatable bonds is 7. The molecular weight excluding hydrogens is 394 g/mol. The van der Waals surface area contributed by atoms with Crippen LogP contribution >= 0.6 is 0 Å². The Morgan fingerprint density at radius 1 is 0.839 bits per heavy atom. The molecule has 0 aliphatic heterocycles. The van der Waals surface area contributed by atoms with Crippen LogP contribution in [0.25, 0.3) is 22.8 Å². The molecule has 156 valence electrons. The third kappa shape index (κ3) is 4.90. The third-order valence-electron chi connectivity index (χ3n) is 4.71. The number of nitrogens with one attached hydrogen (secondary N) is 1. The molecule has 1 heterocycles. The van der Waals surface area contributed by atoms with E-state index in [-0.39, 0.29) is 12.3 Å². The molecule has 4 aromatic rings. The fourth-order valence-corrected chi connectivity index (χ4v) is 3.03. The second kappa shape index (κ2) is 9.13. The predicted molar refractivity (Wildman–Crippen MR) is 117 cm³/mol. The Balaban J connectivity index is 1.39. The van der Waals surface area contributed by atoms with Gasteiger partial charge in [-0.1, -0.05) is 17.3 Å². The molecule has 0 unspecified atom stereocenters. The van der Waals surface area contributed by atoms with Gasteiger partial charge in [0.1, 0.15) is 11.5 Å². The van der Waals surface area contributed by atoms with Crippen molar-refractivity contribution < 1.29 is 18.8 Å². The molecule has 1 N–H and O–H groups in total. The zero-order valence-electron chi connectivity index (χ0n) is 17.2. The van der Waals surface area contributed by atoms with E-state index in [4.69, 9.17) is 14.0 Å². The largest absolute Gasteiger partial charge is 0.497 e. The average molecular weight is 415 g/mol. The summed E-state index contributed by atoms with van der Waals surface area (Å²) in [4.78, 5) is 16.8. The van der Waals surface area contributed by atoms with Gasteiger partial charge in [0.2, 0.25) is 11.7 Å². The van der Waals surface area contributed by atoms with E-state index in [2.05, 4.69) is 15.5 Å². The Labute approximate surface area is 179 Å². The van der Waals surface area contributed by atoms with E-state index in [1.54, 1.807) is 26.4 Å². The number of amides is 1. The van der Waals surface area contributed by atoms with E-state index < -0.39 is 0 Å². The maximum atomic E-state index is 12.3. The summed E-state index contributed by atoms with van der Waals surface area (Å²) in [6.07, 6.45) is 0.278. The normalized spacial score (nSPS) is 10.5. The van der Waals surface area contributed by atoms with Gasteiger partial charge in [0.25, 0.3) is 5.89 Å². The van der Waals surface area contributed by atoms with Gasteiger partial charge in [-0.05, 0) is 66.2 Å². The Kier molecular flexibility index (Phi) is 5.93. The standard InChI is InChI=1S/C24H21N3O4/c1-29-20-11-3-16(4-12-20)15-22(28)25-19-9-5-18(6-10-19)24-26-23(27-31-24)17-7-13-21(30-2)14-8-17/h3-14H,15H2,1-2H3,(H,25,28). The maximum absolute atomic E-state index is 12.3. The van der Waals surface area contributed by atoms with Crippen molar-refractivity contribution in [1.29, 1.82) is 0 Å². The lowest BCUT2D eigenvalue weighted by molar-refractivity contribution is -0.115. The van der Waals surface area contributed by atoms with Crippen LogP contribution in [0.4, 0.5) is 5.69 Å². The maximum Gasteiger partial charge on any atom is 0.258 e. The minimum absolute atomic E-state index is 0.0995. The Morgan fingerprint density at radius 3 is 2.03 bits per heavy atom. The highest BCUT2D eigenvalue weighted by Gasteiger charge is 2.11. The molecule has 4 rings (SSSR count). The third-order valence-corrected chi connectivity index (χ3v) is 4.71. The van der Waals surface area contributed by atoms with Crippen molar-refractivity contribution in [3.8, 4) is 34.3 Å². The molecule has 0 fully saturated rings. The molecule has 3 aromatic carbocycles. The van der Waals surface area contributed by atoms with E-state index in [1.165, 1.54) is 0 Å². The second-order valence-electron chi connectivity index (χ2n) is 6.80. The summed E-state index contributed by atoms with van der Waals surface area (Å²) in [5, 5.41) is 6.93. The molecule has 7 heteroatoms. The molecule has 0 saturated heterocycles. The fourth-order valence-electron chi connectivity index (χ4n) is 3.03. The van der Waals surface area contributed by atoms with Crippen LogP contribution in [0.5, 0.6) is 11.5 Å². The van der Waals surface area contributed by atoms with Gasteiger partial charge >= 0.3 is 0 Å². The van der Waals surface area contributed by atoms with E-state index in [1.807, 2.05) is 60.7 Å². The number of carbonyl (C=O) groups excluding carboxylic acids is 1. The summed E-state index contributed by atoms with van der Waals surface area (Å²) >= 11 is 0. The van der Waals surface area contributed by atoms with Crippen LogP contribution in [-0.4, -0.2) is 30.3 Å². The number of aromatic nitrogens is 2. The minimum Gasteiger partial charge on any atom is -0.497 e. The van der Waals surface area contributed by atoms with Gasteiger partial charge < -0.3 is 19.3 Å². The SMILES string of the molecule is COc1ccc(CC(=O)Nc2ccc(-c3nc(-c4ccc(OC)cc4)no3)cc2)cc1. The molecular formula is C24H21N3O4. The number of anilines is 1. The first-order valence-corrected chi connectivity index (χ1v) is 9.66. The van der Waals surface area contributed by atoms with Crippen molar-refractivity contribution >= 4 is 11.6 Å².